The van der Waals surface area contributed by atoms with Crippen molar-refractivity contribution in [3.63, 3.8) is 0 Å². The van der Waals surface area contributed by atoms with Gasteiger partial charge in [-0.3, -0.25) is 4.79 Å². The van der Waals surface area contributed by atoms with Gasteiger partial charge in [-0.2, -0.15) is 4.31 Å². The van der Waals surface area contributed by atoms with E-state index >= 15 is 0 Å². The highest BCUT2D eigenvalue weighted by Crippen LogP contribution is 2.30. The van der Waals surface area contributed by atoms with Crippen LogP contribution in [-0.4, -0.2) is 36.3 Å². The molecule has 0 spiro atoms. The largest absolute Gasteiger partial charge is 0.351 e. The van der Waals surface area contributed by atoms with Crippen LogP contribution in [-0.2, 0) is 21.4 Å². The average molecular weight is 369 g/mol. The molecule has 2 aromatic rings. The summed E-state index contributed by atoms with van der Waals surface area (Å²) in [4.78, 5) is 12.4. The highest BCUT2D eigenvalue weighted by atomic mass is 32.2. The topological polar surface area (TPSA) is 66.5 Å². The third-order valence-corrected chi connectivity index (χ3v) is 7.92. The molecule has 1 atom stereocenters. The molecular weight excluding hydrogens is 352 g/mol. The second-order valence-corrected chi connectivity index (χ2v) is 9.11. The van der Waals surface area contributed by atoms with E-state index < -0.39 is 16.1 Å². The van der Waals surface area contributed by atoms with Crippen LogP contribution in [0.1, 0.15) is 5.56 Å². The molecule has 122 valence electrons. The van der Waals surface area contributed by atoms with E-state index in [2.05, 4.69) is 5.32 Å². The molecule has 1 aromatic carbocycles. The molecule has 1 aliphatic heterocycles. The van der Waals surface area contributed by atoms with Crippen LogP contribution in [0.5, 0.6) is 0 Å². The van der Waals surface area contributed by atoms with Crippen LogP contribution >= 0.6 is 23.1 Å². The first kappa shape index (κ1) is 16.5. The highest BCUT2D eigenvalue weighted by Gasteiger charge is 2.40. The van der Waals surface area contributed by atoms with E-state index in [1.807, 2.05) is 30.3 Å². The first-order chi connectivity index (χ1) is 11.1. The zero-order chi connectivity index (χ0) is 16.3. The van der Waals surface area contributed by atoms with Crippen molar-refractivity contribution in [2.75, 3.05) is 11.6 Å². The van der Waals surface area contributed by atoms with Crippen molar-refractivity contribution in [2.45, 2.75) is 16.8 Å². The Balaban J connectivity index is 1.70. The molecule has 1 fully saturated rings. The number of nitrogens with zero attached hydrogens (tertiary/aromatic N) is 1. The van der Waals surface area contributed by atoms with Gasteiger partial charge < -0.3 is 5.32 Å². The lowest BCUT2D eigenvalue weighted by Gasteiger charge is -2.21. The first-order valence-electron chi connectivity index (χ1n) is 7.04. The fraction of sp³-hybridized carbons (Fsp3) is 0.267. The van der Waals surface area contributed by atoms with Crippen molar-refractivity contribution < 1.29 is 13.2 Å². The number of rotatable bonds is 5. The molecule has 1 amide bonds. The quantitative estimate of drug-likeness (QED) is 0.878. The summed E-state index contributed by atoms with van der Waals surface area (Å²) >= 11 is 2.63. The number of carbonyl (C=O) groups excluding carboxylic acids is 1. The van der Waals surface area contributed by atoms with Gasteiger partial charge in [0.15, 0.2) is 0 Å². The lowest BCUT2D eigenvalue weighted by molar-refractivity contribution is -0.124. The molecule has 0 saturated carbocycles. The summed E-state index contributed by atoms with van der Waals surface area (Å²) in [6.07, 6.45) is 0. The van der Waals surface area contributed by atoms with Crippen molar-refractivity contribution >= 4 is 39.0 Å². The molecule has 0 unspecified atom stereocenters. The Morgan fingerprint density at radius 3 is 2.70 bits per heavy atom. The fourth-order valence-corrected chi connectivity index (χ4v) is 6.57. The maximum Gasteiger partial charge on any atom is 0.254 e. The summed E-state index contributed by atoms with van der Waals surface area (Å²) in [5, 5.41) is 4.56. The van der Waals surface area contributed by atoms with Gasteiger partial charge in [0, 0.05) is 12.3 Å². The first-order valence-corrected chi connectivity index (χ1v) is 10.5. The molecule has 0 aliphatic carbocycles. The molecular formula is C15H16N2O3S3. The van der Waals surface area contributed by atoms with E-state index in [0.29, 0.717) is 18.2 Å². The van der Waals surface area contributed by atoms with Gasteiger partial charge >= 0.3 is 0 Å². The number of sulfonamides is 1. The van der Waals surface area contributed by atoms with Gasteiger partial charge in [-0.15, -0.1) is 23.1 Å². The number of nitrogens with one attached hydrogen (secondary N) is 1. The smallest absolute Gasteiger partial charge is 0.254 e. The SMILES string of the molecule is O=C(NCc1ccccc1)[C@@H]1CSCN1S(=O)(=O)c1cccs1. The van der Waals surface area contributed by atoms with Crippen molar-refractivity contribution in [3.05, 3.63) is 53.4 Å². The summed E-state index contributed by atoms with van der Waals surface area (Å²) in [5.41, 5.74) is 0.985. The number of thioether (sulfide) groups is 1. The Kier molecular flexibility index (Phi) is 5.05. The maximum absolute atomic E-state index is 12.6. The van der Waals surface area contributed by atoms with Gasteiger partial charge in [-0.1, -0.05) is 36.4 Å². The van der Waals surface area contributed by atoms with E-state index in [-0.39, 0.29) is 10.1 Å². The van der Waals surface area contributed by atoms with Gasteiger partial charge in [0.05, 0.1) is 5.88 Å². The Bertz CT molecular complexity index is 761. The van der Waals surface area contributed by atoms with Crippen molar-refractivity contribution in [1.29, 1.82) is 0 Å². The van der Waals surface area contributed by atoms with Crippen LogP contribution in [0.25, 0.3) is 0 Å². The van der Waals surface area contributed by atoms with Gasteiger partial charge in [0.2, 0.25) is 5.91 Å². The summed E-state index contributed by atoms with van der Waals surface area (Å²) in [6, 6.07) is 12.2. The summed E-state index contributed by atoms with van der Waals surface area (Å²) < 4.78 is 26.8. The summed E-state index contributed by atoms with van der Waals surface area (Å²) in [6.45, 7) is 0.397. The number of carbonyl (C=O) groups is 1. The number of hydrogen-bond donors (Lipinski definition) is 1. The lowest BCUT2D eigenvalue weighted by Crippen LogP contribution is -2.46. The number of hydrogen-bond acceptors (Lipinski definition) is 5. The fourth-order valence-electron chi connectivity index (χ4n) is 2.30. The van der Waals surface area contributed by atoms with Crippen LogP contribution < -0.4 is 5.32 Å². The summed E-state index contributed by atoms with van der Waals surface area (Å²) in [7, 11) is -3.60. The molecule has 8 heteroatoms. The second-order valence-electron chi connectivity index (χ2n) is 5.04. The van der Waals surface area contributed by atoms with Crippen molar-refractivity contribution in [3.8, 4) is 0 Å². The molecule has 1 N–H and O–H groups in total. The average Bonchev–Trinajstić information content (AvgIpc) is 3.25. The normalized spacial score (nSPS) is 18.9. The molecule has 2 heterocycles. The number of thiophene rings is 1. The number of amides is 1. The van der Waals surface area contributed by atoms with E-state index in [9.17, 15) is 13.2 Å². The van der Waals surface area contributed by atoms with Gasteiger partial charge in [-0.25, -0.2) is 8.42 Å². The Hall–Kier alpha value is -1.35. The molecule has 3 rings (SSSR count). The predicted molar refractivity (Wildman–Crippen MR) is 92.7 cm³/mol. The molecule has 1 aliphatic rings. The second kappa shape index (κ2) is 7.04. The Labute approximate surface area is 143 Å². The molecule has 1 saturated heterocycles. The third kappa shape index (κ3) is 3.60. The Morgan fingerprint density at radius 2 is 2.00 bits per heavy atom. The van der Waals surface area contributed by atoms with Gasteiger partial charge in [-0.05, 0) is 17.0 Å². The third-order valence-electron chi connectivity index (χ3n) is 3.51. The molecule has 5 nitrogen and oxygen atoms in total. The Morgan fingerprint density at radius 1 is 1.22 bits per heavy atom. The van der Waals surface area contributed by atoms with Crippen LogP contribution in [0.15, 0.2) is 52.1 Å². The van der Waals surface area contributed by atoms with E-state index in [1.54, 1.807) is 17.5 Å². The van der Waals surface area contributed by atoms with E-state index in [1.165, 1.54) is 27.4 Å². The van der Waals surface area contributed by atoms with Crippen molar-refractivity contribution in [1.82, 2.24) is 9.62 Å². The monoisotopic (exact) mass is 368 g/mol. The van der Waals surface area contributed by atoms with Gasteiger partial charge in [0.25, 0.3) is 10.0 Å². The zero-order valence-electron chi connectivity index (χ0n) is 12.2. The highest BCUT2D eigenvalue weighted by molar-refractivity contribution is 8.01. The standard InChI is InChI=1S/C15H16N2O3S3/c18-15(16-9-12-5-2-1-3-6-12)13-10-21-11-17(13)23(19,20)14-7-4-8-22-14/h1-8,13H,9-11H2,(H,16,18)/t13-/m0/s1. The van der Waals surface area contributed by atoms with Crippen molar-refractivity contribution in [2.24, 2.45) is 0 Å². The minimum Gasteiger partial charge on any atom is -0.351 e. The lowest BCUT2D eigenvalue weighted by atomic mass is 10.2. The maximum atomic E-state index is 12.6. The minimum absolute atomic E-state index is 0.251. The van der Waals surface area contributed by atoms with Gasteiger partial charge in [0.1, 0.15) is 10.3 Å². The molecule has 0 radical (unpaired) electrons. The predicted octanol–water partition coefficient (Wildman–Crippen LogP) is 2.13. The van der Waals surface area contributed by atoms with E-state index in [0.717, 1.165) is 5.56 Å². The van der Waals surface area contributed by atoms with Crippen LogP contribution in [0, 0.1) is 0 Å². The zero-order valence-corrected chi connectivity index (χ0v) is 14.7. The van der Waals surface area contributed by atoms with Crippen LogP contribution in [0.2, 0.25) is 0 Å². The number of benzene rings is 1. The van der Waals surface area contributed by atoms with Crippen LogP contribution in [0.3, 0.4) is 0 Å². The van der Waals surface area contributed by atoms with Crippen LogP contribution in [0.4, 0.5) is 0 Å². The summed E-state index contributed by atoms with van der Waals surface area (Å²) in [5.74, 6) is 0.536. The molecule has 0 bridgehead atoms. The van der Waals surface area contributed by atoms with E-state index in [4.69, 9.17) is 0 Å². The molecule has 1 aromatic heterocycles. The minimum atomic E-state index is -3.60. The molecule has 23 heavy (non-hydrogen) atoms.